The molecule has 2 rings (SSSR count). The number of ether oxygens (including phenoxy) is 1. The molecule has 1 saturated heterocycles. The van der Waals surface area contributed by atoms with Crippen molar-refractivity contribution in [2.45, 2.75) is 38.8 Å². The first-order chi connectivity index (χ1) is 9.25. The lowest BCUT2D eigenvalue weighted by Crippen LogP contribution is -2.33. The molecule has 1 aliphatic rings. The number of hydrogen-bond acceptors (Lipinski definition) is 4. The highest BCUT2D eigenvalue weighted by molar-refractivity contribution is 5.14. The summed E-state index contributed by atoms with van der Waals surface area (Å²) in [5, 5.41) is 3.36. The number of nitrogens with zero attached hydrogens (tertiary/aromatic N) is 1. The van der Waals surface area contributed by atoms with E-state index in [1.165, 1.54) is 5.56 Å². The fourth-order valence-electron chi connectivity index (χ4n) is 2.49. The smallest absolute Gasteiger partial charge is 0.105 e. The van der Waals surface area contributed by atoms with E-state index < -0.39 is 0 Å². The molecular weight excluding hydrogens is 240 g/mol. The van der Waals surface area contributed by atoms with Gasteiger partial charge in [0.05, 0.1) is 12.4 Å². The maximum absolute atomic E-state index is 5.91. The Morgan fingerprint density at radius 2 is 2.21 bits per heavy atom. The van der Waals surface area contributed by atoms with E-state index >= 15 is 0 Å². The molecule has 1 aromatic heterocycles. The van der Waals surface area contributed by atoms with Gasteiger partial charge < -0.3 is 19.4 Å². The zero-order chi connectivity index (χ0) is 13.5. The summed E-state index contributed by atoms with van der Waals surface area (Å²) < 4.78 is 11.2. The van der Waals surface area contributed by atoms with Crippen LogP contribution in [0.15, 0.2) is 16.7 Å². The molecule has 1 N–H and O–H groups in total. The van der Waals surface area contributed by atoms with Crippen LogP contribution in [0.3, 0.4) is 0 Å². The molecule has 0 aliphatic carbocycles. The first kappa shape index (κ1) is 14.6. The van der Waals surface area contributed by atoms with E-state index in [0.717, 1.165) is 57.8 Å². The minimum Gasteiger partial charge on any atom is -0.469 e. The fourth-order valence-corrected chi connectivity index (χ4v) is 2.49. The highest BCUT2D eigenvalue weighted by Gasteiger charge is 2.12. The summed E-state index contributed by atoms with van der Waals surface area (Å²) in [6.45, 7) is 7.11. The molecular formula is C15H26N2O2. The molecule has 4 nitrogen and oxygen atoms in total. The second-order valence-electron chi connectivity index (χ2n) is 5.41. The van der Waals surface area contributed by atoms with Crippen molar-refractivity contribution in [3.05, 3.63) is 23.7 Å². The van der Waals surface area contributed by atoms with Crippen molar-refractivity contribution in [3.63, 3.8) is 0 Å². The molecule has 0 amide bonds. The Bertz CT molecular complexity index is 359. The van der Waals surface area contributed by atoms with Gasteiger partial charge >= 0.3 is 0 Å². The van der Waals surface area contributed by atoms with Crippen molar-refractivity contribution in [1.29, 1.82) is 0 Å². The summed E-state index contributed by atoms with van der Waals surface area (Å²) in [5.74, 6) is 1.03. The molecule has 1 fully saturated rings. The summed E-state index contributed by atoms with van der Waals surface area (Å²) in [4.78, 5) is 2.32. The highest BCUT2D eigenvalue weighted by atomic mass is 16.5. The van der Waals surface area contributed by atoms with E-state index in [9.17, 15) is 0 Å². The Morgan fingerprint density at radius 3 is 2.89 bits per heavy atom. The second kappa shape index (κ2) is 7.68. The molecule has 0 unspecified atom stereocenters. The Hall–Kier alpha value is -0.840. The van der Waals surface area contributed by atoms with Crippen LogP contribution in [0.4, 0.5) is 0 Å². The van der Waals surface area contributed by atoms with Gasteiger partial charge in [0.1, 0.15) is 5.76 Å². The molecule has 0 radical (unpaired) electrons. The summed E-state index contributed by atoms with van der Waals surface area (Å²) in [6, 6.07) is 2.05. The van der Waals surface area contributed by atoms with Gasteiger partial charge in [-0.25, -0.2) is 0 Å². The number of piperidine rings is 1. The second-order valence-corrected chi connectivity index (χ2v) is 5.41. The molecule has 0 bridgehead atoms. The van der Waals surface area contributed by atoms with Gasteiger partial charge in [0, 0.05) is 25.3 Å². The molecule has 2 heterocycles. The first-order valence-electron chi connectivity index (χ1n) is 7.29. The Labute approximate surface area is 116 Å². The summed E-state index contributed by atoms with van der Waals surface area (Å²) >= 11 is 0. The quantitative estimate of drug-likeness (QED) is 0.768. The van der Waals surface area contributed by atoms with Gasteiger partial charge in [-0.3, -0.25) is 0 Å². The van der Waals surface area contributed by atoms with Crippen molar-refractivity contribution < 1.29 is 9.15 Å². The number of rotatable bonds is 7. The molecule has 1 aliphatic heterocycles. The highest BCUT2D eigenvalue weighted by Crippen LogP contribution is 2.11. The maximum Gasteiger partial charge on any atom is 0.105 e. The van der Waals surface area contributed by atoms with E-state index in [4.69, 9.17) is 9.15 Å². The summed E-state index contributed by atoms with van der Waals surface area (Å²) in [6.07, 6.45) is 5.65. The van der Waals surface area contributed by atoms with Crippen LogP contribution in [0.5, 0.6) is 0 Å². The van der Waals surface area contributed by atoms with Crippen molar-refractivity contribution >= 4 is 0 Å². The van der Waals surface area contributed by atoms with Gasteiger partial charge in [-0.1, -0.05) is 0 Å². The van der Waals surface area contributed by atoms with Gasteiger partial charge in [0.15, 0.2) is 0 Å². The predicted octanol–water partition coefficient (Wildman–Crippen LogP) is 2.18. The zero-order valence-corrected chi connectivity index (χ0v) is 12.2. The van der Waals surface area contributed by atoms with E-state index in [2.05, 4.69) is 23.3 Å². The normalized spacial score (nSPS) is 17.2. The van der Waals surface area contributed by atoms with Crippen molar-refractivity contribution in [3.8, 4) is 0 Å². The fraction of sp³-hybridized carbons (Fsp3) is 0.733. The first-order valence-corrected chi connectivity index (χ1v) is 7.29. The number of nitrogens with one attached hydrogen (secondary N) is 1. The minimum atomic E-state index is 0.475. The molecule has 0 spiro atoms. The number of aryl methyl sites for hydroxylation is 1. The van der Waals surface area contributed by atoms with Crippen LogP contribution >= 0.6 is 0 Å². The zero-order valence-electron chi connectivity index (χ0n) is 12.2. The van der Waals surface area contributed by atoms with Gasteiger partial charge in [-0.05, 0) is 52.4 Å². The average molecular weight is 266 g/mol. The predicted molar refractivity (Wildman–Crippen MR) is 76.2 cm³/mol. The van der Waals surface area contributed by atoms with Crippen LogP contribution in [0.1, 0.15) is 30.6 Å². The molecule has 0 saturated carbocycles. The van der Waals surface area contributed by atoms with Crippen molar-refractivity contribution in [2.24, 2.45) is 0 Å². The summed E-state index contributed by atoms with van der Waals surface area (Å²) in [5.41, 5.74) is 1.28. The van der Waals surface area contributed by atoms with E-state index in [-0.39, 0.29) is 0 Å². The third-order valence-electron chi connectivity index (χ3n) is 3.73. The third kappa shape index (κ3) is 4.97. The van der Waals surface area contributed by atoms with Gasteiger partial charge in [-0.2, -0.15) is 0 Å². The maximum atomic E-state index is 5.91. The van der Waals surface area contributed by atoms with Gasteiger partial charge in [0.2, 0.25) is 0 Å². The van der Waals surface area contributed by atoms with Gasteiger partial charge in [0.25, 0.3) is 0 Å². The van der Waals surface area contributed by atoms with Crippen LogP contribution in [-0.2, 0) is 11.3 Å². The Morgan fingerprint density at radius 1 is 1.42 bits per heavy atom. The molecule has 0 aromatic carbocycles. The lowest BCUT2D eigenvalue weighted by atomic mass is 10.1. The van der Waals surface area contributed by atoms with Crippen LogP contribution in [0.25, 0.3) is 0 Å². The summed E-state index contributed by atoms with van der Waals surface area (Å²) in [7, 11) is 2.15. The van der Waals surface area contributed by atoms with E-state index in [1.807, 2.05) is 6.92 Å². The Balaban J connectivity index is 1.56. The van der Waals surface area contributed by atoms with Gasteiger partial charge in [-0.15, -0.1) is 0 Å². The van der Waals surface area contributed by atoms with Crippen LogP contribution < -0.4 is 5.32 Å². The standard InChI is InChI=1S/C15H26N2O2/c1-13-14(6-11-18-13)12-17(2)9-3-10-19-15-4-7-16-8-5-15/h6,11,15-16H,3-5,7-10,12H2,1-2H3. The lowest BCUT2D eigenvalue weighted by molar-refractivity contribution is 0.0284. The third-order valence-corrected chi connectivity index (χ3v) is 3.73. The monoisotopic (exact) mass is 266 g/mol. The largest absolute Gasteiger partial charge is 0.469 e. The number of hydrogen-bond donors (Lipinski definition) is 1. The minimum absolute atomic E-state index is 0.475. The van der Waals surface area contributed by atoms with Crippen molar-refractivity contribution in [2.75, 3.05) is 33.3 Å². The van der Waals surface area contributed by atoms with E-state index in [0.29, 0.717) is 6.10 Å². The van der Waals surface area contributed by atoms with Crippen LogP contribution in [0, 0.1) is 6.92 Å². The van der Waals surface area contributed by atoms with Crippen LogP contribution in [0.2, 0.25) is 0 Å². The molecule has 1 aromatic rings. The average Bonchev–Trinajstić information content (AvgIpc) is 2.82. The lowest BCUT2D eigenvalue weighted by Gasteiger charge is -2.23. The topological polar surface area (TPSA) is 37.6 Å². The number of furan rings is 1. The molecule has 19 heavy (non-hydrogen) atoms. The molecule has 108 valence electrons. The van der Waals surface area contributed by atoms with E-state index in [1.54, 1.807) is 6.26 Å². The molecule has 0 atom stereocenters. The SMILES string of the molecule is Cc1occc1CN(C)CCCOC1CCNCC1. The Kier molecular flexibility index (Phi) is 5.89. The molecule has 4 heteroatoms. The van der Waals surface area contributed by atoms with Crippen LogP contribution in [-0.4, -0.2) is 44.3 Å². The van der Waals surface area contributed by atoms with Crippen molar-refractivity contribution in [1.82, 2.24) is 10.2 Å².